The van der Waals surface area contributed by atoms with E-state index >= 15 is 0 Å². The number of phenols is 1. The number of thiazole rings is 1. The third-order valence-corrected chi connectivity index (χ3v) is 7.24. The summed E-state index contributed by atoms with van der Waals surface area (Å²) in [6.45, 7) is 1.74. The minimum Gasteiger partial charge on any atom is -0.508 e. The molecule has 8 heteroatoms. The minimum absolute atomic E-state index is 0.0344. The van der Waals surface area contributed by atoms with Gasteiger partial charge in [-0.1, -0.05) is 42.5 Å². The molecule has 1 atom stereocenters. The van der Waals surface area contributed by atoms with Crippen molar-refractivity contribution in [3.05, 3.63) is 106 Å². The number of anilines is 1. The molecular formula is C28H22N2O5S. The van der Waals surface area contributed by atoms with Crippen molar-refractivity contribution in [3.63, 3.8) is 0 Å². The molecule has 2 N–H and O–H groups in total. The highest BCUT2D eigenvalue weighted by Gasteiger charge is 2.45. The van der Waals surface area contributed by atoms with E-state index < -0.39 is 23.5 Å². The molecule has 1 aromatic heterocycles. The second kappa shape index (κ2) is 9.31. The number of aliphatic hydroxyl groups is 1. The number of rotatable bonds is 6. The summed E-state index contributed by atoms with van der Waals surface area (Å²) in [5.41, 5.74) is 2.41. The second-order valence-corrected chi connectivity index (χ2v) is 9.26. The number of hydrogen-bond donors (Lipinski definition) is 2. The van der Waals surface area contributed by atoms with Crippen LogP contribution in [0.1, 0.15) is 27.0 Å². The predicted molar refractivity (Wildman–Crippen MR) is 138 cm³/mol. The quantitative estimate of drug-likeness (QED) is 0.335. The maximum atomic E-state index is 13.9. The molecule has 1 amide bonds. The molecule has 0 bridgehead atoms. The molecule has 2 heterocycles. The molecule has 7 nitrogen and oxygen atoms in total. The second-order valence-electron chi connectivity index (χ2n) is 8.26. The topological polar surface area (TPSA) is 100.0 Å². The molecule has 3 aromatic carbocycles. The summed E-state index contributed by atoms with van der Waals surface area (Å²) in [5, 5.41) is 21.5. The van der Waals surface area contributed by atoms with Gasteiger partial charge in [0.15, 0.2) is 5.76 Å². The third kappa shape index (κ3) is 4.01. The van der Waals surface area contributed by atoms with Gasteiger partial charge in [-0.25, -0.2) is 4.98 Å². The van der Waals surface area contributed by atoms with Crippen LogP contribution in [0, 0.1) is 6.92 Å². The standard InChI is InChI=1S/C28H22N2O5S/c1-16-26(36-27(29-16)18-6-4-3-5-7-18)24(32)22-23(17-8-12-20(31)13-9-17)30(28(34)25(22)33)19-10-14-21(35-2)15-11-19/h3-15,23,31,33H,1-2H3. The summed E-state index contributed by atoms with van der Waals surface area (Å²) in [7, 11) is 1.54. The SMILES string of the molecule is COc1ccc(N2C(=O)C(O)=C(C(=O)c3sc(-c4ccccc4)nc3C)C2c2ccc(O)cc2)cc1. The van der Waals surface area contributed by atoms with E-state index in [1.807, 2.05) is 30.3 Å². The number of ether oxygens (including phenoxy) is 1. The van der Waals surface area contributed by atoms with Crippen LogP contribution in [0.3, 0.4) is 0 Å². The van der Waals surface area contributed by atoms with Gasteiger partial charge in [0.2, 0.25) is 5.78 Å². The fourth-order valence-electron chi connectivity index (χ4n) is 4.25. The molecule has 36 heavy (non-hydrogen) atoms. The molecule has 1 unspecified atom stereocenters. The highest BCUT2D eigenvalue weighted by atomic mass is 32.1. The van der Waals surface area contributed by atoms with Crippen LogP contribution < -0.4 is 9.64 Å². The Balaban J connectivity index is 1.62. The Morgan fingerprint density at radius 2 is 1.64 bits per heavy atom. The zero-order valence-electron chi connectivity index (χ0n) is 19.5. The van der Waals surface area contributed by atoms with Gasteiger partial charge in [-0.2, -0.15) is 0 Å². The molecule has 1 aliphatic heterocycles. The molecule has 0 fully saturated rings. The Labute approximate surface area is 211 Å². The molecule has 5 rings (SSSR count). The van der Waals surface area contributed by atoms with Crippen LogP contribution in [-0.2, 0) is 4.79 Å². The number of methoxy groups -OCH3 is 1. The van der Waals surface area contributed by atoms with E-state index in [9.17, 15) is 19.8 Å². The molecular weight excluding hydrogens is 476 g/mol. The van der Waals surface area contributed by atoms with Gasteiger partial charge >= 0.3 is 0 Å². The van der Waals surface area contributed by atoms with Gasteiger partial charge in [-0.05, 0) is 48.9 Å². The van der Waals surface area contributed by atoms with Crippen molar-refractivity contribution in [2.45, 2.75) is 13.0 Å². The number of nitrogens with zero attached hydrogens (tertiary/aromatic N) is 2. The molecule has 180 valence electrons. The number of ketones is 1. The van der Waals surface area contributed by atoms with Crippen LogP contribution >= 0.6 is 11.3 Å². The maximum Gasteiger partial charge on any atom is 0.294 e. The van der Waals surface area contributed by atoms with Crippen LogP contribution in [0.25, 0.3) is 10.6 Å². The largest absolute Gasteiger partial charge is 0.508 e. The number of carbonyl (C=O) groups is 2. The van der Waals surface area contributed by atoms with Crippen molar-refractivity contribution < 1.29 is 24.5 Å². The summed E-state index contributed by atoms with van der Waals surface area (Å²) in [5.74, 6) is -1.11. The summed E-state index contributed by atoms with van der Waals surface area (Å²) in [6.07, 6.45) is 0. The average molecular weight is 499 g/mol. The zero-order valence-corrected chi connectivity index (χ0v) is 20.3. The average Bonchev–Trinajstić information content (AvgIpc) is 3.42. The Kier molecular flexibility index (Phi) is 6.03. The number of aromatic hydroxyl groups is 1. The van der Waals surface area contributed by atoms with Crippen molar-refractivity contribution in [3.8, 4) is 22.1 Å². The fraction of sp³-hybridized carbons (Fsp3) is 0.107. The Morgan fingerprint density at radius 1 is 0.972 bits per heavy atom. The lowest BCUT2D eigenvalue weighted by Crippen LogP contribution is -2.31. The molecule has 4 aromatic rings. The van der Waals surface area contributed by atoms with E-state index in [-0.39, 0.29) is 11.3 Å². The lowest BCUT2D eigenvalue weighted by molar-refractivity contribution is -0.117. The number of phenolic OH excluding ortho intramolecular Hbond substituents is 1. The van der Waals surface area contributed by atoms with Crippen molar-refractivity contribution in [2.75, 3.05) is 12.0 Å². The van der Waals surface area contributed by atoms with E-state index in [1.165, 1.54) is 28.4 Å². The smallest absolute Gasteiger partial charge is 0.294 e. The van der Waals surface area contributed by atoms with Crippen molar-refractivity contribution in [2.24, 2.45) is 0 Å². The highest BCUT2D eigenvalue weighted by Crippen LogP contribution is 2.43. The first-order valence-corrected chi connectivity index (χ1v) is 12.0. The van der Waals surface area contributed by atoms with Crippen LogP contribution in [0.4, 0.5) is 5.69 Å². The number of hydrogen-bond acceptors (Lipinski definition) is 7. The van der Waals surface area contributed by atoms with Gasteiger partial charge in [0.1, 0.15) is 16.5 Å². The van der Waals surface area contributed by atoms with Gasteiger partial charge in [0, 0.05) is 11.3 Å². The number of aromatic nitrogens is 1. The minimum atomic E-state index is -0.902. The summed E-state index contributed by atoms with van der Waals surface area (Å²) in [6, 6.07) is 21.6. The lowest BCUT2D eigenvalue weighted by Gasteiger charge is -2.27. The maximum absolute atomic E-state index is 13.9. The monoisotopic (exact) mass is 498 g/mol. The van der Waals surface area contributed by atoms with Crippen LogP contribution in [-0.4, -0.2) is 34.0 Å². The van der Waals surface area contributed by atoms with Gasteiger partial charge in [0.05, 0.1) is 29.3 Å². The van der Waals surface area contributed by atoms with Crippen molar-refractivity contribution >= 4 is 28.7 Å². The van der Waals surface area contributed by atoms with Gasteiger partial charge in [0.25, 0.3) is 5.91 Å². The lowest BCUT2D eigenvalue weighted by atomic mass is 9.94. The normalized spacial score (nSPS) is 15.4. The highest BCUT2D eigenvalue weighted by molar-refractivity contribution is 7.17. The summed E-state index contributed by atoms with van der Waals surface area (Å²) < 4.78 is 5.22. The van der Waals surface area contributed by atoms with Gasteiger partial charge < -0.3 is 14.9 Å². The summed E-state index contributed by atoms with van der Waals surface area (Å²) >= 11 is 1.22. The van der Waals surface area contributed by atoms with Crippen molar-refractivity contribution in [1.29, 1.82) is 0 Å². The molecule has 0 saturated carbocycles. The molecule has 1 aliphatic rings. The van der Waals surface area contributed by atoms with E-state index in [0.717, 1.165) is 5.56 Å². The molecule has 0 saturated heterocycles. The van der Waals surface area contributed by atoms with Crippen LogP contribution in [0.15, 0.2) is 90.2 Å². The number of aliphatic hydroxyl groups excluding tert-OH is 1. The number of amides is 1. The van der Waals surface area contributed by atoms with Crippen LogP contribution in [0.5, 0.6) is 11.5 Å². The summed E-state index contributed by atoms with van der Waals surface area (Å²) in [4.78, 5) is 33.5. The molecule has 0 spiro atoms. The first kappa shape index (κ1) is 23.3. The third-order valence-electron chi connectivity index (χ3n) is 6.04. The van der Waals surface area contributed by atoms with E-state index in [0.29, 0.717) is 32.6 Å². The Bertz CT molecular complexity index is 1470. The van der Waals surface area contributed by atoms with Gasteiger partial charge in [-0.15, -0.1) is 11.3 Å². The first-order chi connectivity index (χ1) is 17.4. The number of carbonyl (C=O) groups excluding carboxylic acids is 2. The fourth-order valence-corrected chi connectivity index (χ4v) is 5.28. The van der Waals surface area contributed by atoms with Gasteiger partial charge in [-0.3, -0.25) is 14.5 Å². The Morgan fingerprint density at radius 3 is 2.28 bits per heavy atom. The van der Waals surface area contributed by atoms with E-state index in [1.54, 1.807) is 50.4 Å². The predicted octanol–water partition coefficient (Wildman–Crippen LogP) is 5.62. The van der Waals surface area contributed by atoms with Crippen LogP contribution in [0.2, 0.25) is 0 Å². The number of aryl methyl sites for hydroxylation is 1. The molecule has 0 radical (unpaired) electrons. The number of Topliss-reactive ketones (excluding diaryl/α,β-unsaturated/α-hetero) is 1. The van der Waals surface area contributed by atoms with E-state index in [2.05, 4.69) is 4.98 Å². The first-order valence-electron chi connectivity index (χ1n) is 11.2. The number of benzene rings is 3. The zero-order chi connectivity index (χ0) is 25.4. The molecule has 0 aliphatic carbocycles. The van der Waals surface area contributed by atoms with E-state index in [4.69, 9.17) is 4.74 Å². The van der Waals surface area contributed by atoms with Crippen molar-refractivity contribution in [1.82, 2.24) is 4.98 Å². The Hall–Kier alpha value is -4.43.